The maximum atomic E-state index is 13.3. The molecule has 0 aliphatic carbocycles. The molecular weight excluding hydrogens is 239 g/mol. The number of fused-ring (bicyclic) bond motifs is 1. The predicted octanol–water partition coefficient (Wildman–Crippen LogP) is 3.61. The molecule has 0 bridgehead atoms. The third-order valence-electron chi connectivity index (χ3n) is 3.41. The van der Waals surface area contributed by atoms with E-state index in [4.69, 9.17) is 5.73 Å². The number of rotatable bonds is 3. The summed E-state index contributed by atoms with van der Waals surface area (Å²) in [6.07, 6.45) is 2.83. The first-order valence-corrected chi connectivity index (χ1v) is 6.32. The molecule has 0 spiro atoms. The van der Waals surface area contributed by atoms with Gasteiger partial charge in [-0.3, -0.25) is 0 Å². The van der Waals surface area contributed by atoms with Crippen LogP contribution in [0.3, 0.4) is 0 Å². The van der Waals surface area contributed by atoms with Gasteiger partial charge >= 0.3 is 0 Å². The molecule has 96 valence electrons. The minimum Gasteiger partial charge on any atom is -0.399 e. The number of nitrogen functional groups attached to an aromatic ring is 1. The molecule has 0 unspecified atom stereocenters. The Hall–Kier alpha value is -2.29. The fourth-order valence-corrected chi connectivity index (χ4v) is 2.35. The van der Waals surface area contributed by atoms with Gasteiger partial charge in [-0.15, -0.1) is 0 Å². The zero-order valence-corrected chi connectivity index (χ0v) is 10.5. The quantitative estimate of drug-likeness (QED) is 0.711. The molecule has 0 saturated heterocycles. The number of hydrogen-bond donors (Lipinski definition) is 1. The summed E-state index contributed by atoms with van der Waals surface area (Å²) >= 11 is 0. The van der Waals surface area contributed by atoms with Crippen LogP contribution in [0.2, 0.25) is 0 Å². The van der Waals surface area contributed by atoms with Crippen molar-refractivity contribution in [2.24, 2.45) is 0 Å². The van der Waals surface area contributed by atoms with Crippen LogP contribution in [0.15, 0.2) is 54.7 Å². The van der Waals surface area contributed by atoms with Crippen LogP contribution in [-0.2, 0) is 13.0 Å². The van der Waals surface area contributed by atoms with Gasteiger partial charge in [0.2, 0.25) is 0 Å². The molecule has 2 nitrogen and oxygen atoms in total. The average molecular weight is 254 g/mol. The summed E-state index contributed by atoms with van der Waals surface area (Å²) in [6, 6.07) is 14.7. The maximum Gasteiger partial charge on any atom is 0.125 e. The zero-order valence-electron chi connectivity index (χ0n) is 10.5. The van der Waals surface area contributed by atoms with Crippen molar-refractivity contribution in [2.45, 2.75) is 13.0 Å². The van der Waals surface area contributed by atoms with Gasteiger partial charge in [0.1, 0.15) is 5.82 Å². The highest BCUT2D eigenvalue weighted by Crippen LogP contribution is 2.19. The van der Waals surface area contributed by atoms with Crippen molar-refractivity contribution in [3.8, 4) is 0 Å². The third-order valence-corrected chi connectivity index (χ3v) is 3.41. The summed E-state index contributed by atoms with van der Waals surface area (Å²) in [6.45, 7) is 0.793. The van der Waals surface area contributed by atoms with Crippen molar-refractivity contribution < 1.29 is 4.39 Å². The first-order valence-electron chi connectivity index (χ1n) is 6.32. The highest BCUT2D eigenvalue weighted by Gasteiger charge is 2.04. The molecule has 0 aliphatic rings. The Kier molecular flexibility index (Phi) is 2.95. The SMILES string of the molecule is Nc1ccccc1CCn1ccc2ccc(F)cc21. The van der Waals surface area contributed by atoms with Crippen molar-refractivity contribution in [2.75, 3.05) is 5.73 Å². The molecule has 0 amide bonds. The van der Waals surface area contributed by atoms with E-state index in [-0.39, 0.29) is 5.82 Å². The second-order valence-electron chi connectivity index (χ2n) is 4.66. The lowest BCUT2D eigenvalue weighted by molar-refractivity contribution is 0.627. The summed E-state index contributed by atoms with van der Waals surface area (Å²) in [7, 11) is 0. The molecule has 3 heteroatoms. The Bertz CT molecular complexity index is 716. The van der Waals surface area contributed by atoms with Gasteiger partial charge in [-0.05, 0) is 47.7 Å². The van der Waals surface area contributed by atoms with Crippen LogP contribution in [-0.4, -0.2) is 4.57 Å². The summed E-state index contributed by atoms with van der Waals surface area (Å²) in [5.41, 5.74) is 8.79. The van der Waals surface area contributed by atoms with E-state index in [2.05, 4.69) is 4.57 Å². The lowest BCUT2D eigenvalue weighted by Crippen LogP contribution is -2.02. The number of halogens is 1. The molecule has 2 N–H and O–H groups in total. The van der Waals surface area contributed by atoms with Crippen LogP contribution < -0.4 is 5.73 Å². The number of nitrogens with zero attached hydrogens (tertiary/aromatic N) is 1. The number of aryl methyl sites for hydroxylation is 2. The van der Waals surface area contributed by atoms with Crippen LogP contribution in [0.5, 0.6) is 0 Å². The molecule has 0 fully saturated rings. The summed E-state index contributed by atoms with van der Waals surface area (Å²) < 4.78 is 15.3. The molecule has 0 aliphatic heterocycles. The van der Waals surface area contributed by atoms with Crippen molar-refractivity contribution in [3.05, 3.63) is 66.1 Å². The van der Waals surface area contributed by atoms with Crippen molar-refractivity contribution in [1.82, 2.24) is 4.57 Å². The molecule has 2 aromatic carbocycles. The van der Waals surface area contributed by atoms with Gasteiger partial charge in [-0.1, -0.05) is 18.2 Å². The molecule has 19 heavy (non-hydrogen) atoms. The van der Waals surface area contributed by atoms with E-state index >= 15 is 0 Å². The standard InChI is InChI=1S/C16H15FN2/c17-14-6-5-13-8-10-19(16(13)11-14)9-7-12-3-1-2-4-15(12)18/h1-6,8,10-11H,7,9,18H2. The molecule has 3 aromatic rings. The van der Waals surface area contributed by atoms with Crippen LogP contribution in [0.25, 0.3) is 10.9 Å². The second kappa shape index (κ2) is 4.76. The summed E-state index contributed by atoms with van der Waals surface area (Å²) in [5.74, 6) is -0.202. The first-order chi connectivity index (χ1) is 9.24. The van der Waals surface area contributed by atoms with Crippen molar-refractivity contribution >= 4 is 16.6 Å². The van der Waals surface area contributed by atoms with Crippen LogP contribution in [0.4, 0.5) is 10.1 Å². The van der Waals surface area contributed by atoms with Crippen molar-refractivity contribution in [1.29, 1.82) is 0 Å². The fraction of sp³-hybridized carbons (Fsp3) is 0.125. The Morgan fingerprint density at radius 1 is 1.05 bits per heavy atom. The molecule has 0 atom stereocenters. The van der Waals surface area contributed by atoms with E-state index in [9.17, 15) is 4.39 Å². The molecule has 1 heterocycles. The smallest absolute Gasteiger partial charge is 0.125 e. The van der Waals surface area contributed by atoms with Gasteiger partial charge in [0.25, 0.3) is 0 Å². The number of para-hydroxylation sites is 1. The van der Waals surface area contributed by atoms with E-state index in [1.807, 2.05) is 36.5 Å². The van der Waals surface area contributed by atoms with E-state index in [1.165, 1.54) is 6.07 Å². The van der Waals surface area contributed by atoms with Crippen LogP contribution in [0, 0.1) is 5.82 Å². The molecule has 0 saturated carbocycles. The minimum atomic E-state index is -0.202. The lowest BCUT2D eigenvalue weighted by Gasteiger charge is -2.08. The number of benzene rings is 2. The Morgan fingerprint density at radius 2 is 1.89 bits per heavy atom. The average Bonchev–Trinajstić information content (AvgIpc) is 2.80. The van der Waals surface area contributed by atoms with Gasteiger partial charge in [0.15, 0.2) is 0 Å². The molecule has 1 aromatic heterocycles. The number of anilines is 1. The van der Waals surface area contributed by atoms with Crippen LogP contribution >= 0.6 is 0 Å². The predicted molar refractivity (Wildman–Crippen MR) is 76.5 cm³/mol. The number of hydrogen-bond acceptors (Lipinski definition) is 1. The fourth-order valence-electron chi connectivity index (χ4n) is 2.35. The topological polar surface area (TPSA) is 30.9 Å². The zero-order chi connectivity index (χ0) is 13.2. The molecule has 3 rings (SSSR count). The van der Waals surface area contributed by atoms with Gasteiger partial charge in [-0.25, -0.2) is 4.39 Å². The molecular formula is C16H15FN2. The van der Waals surface area contributed by atoms with E-state index < -0.39 is 0 Å². The lowest BCUT2D eigenvalue weighted by atomic mass is 10.1. The normalized spacial score (nSPS) is 11.0. The van der Waals surface area contributed by atoms with E-state index in [0.717, 1.165) is 35.1 Å². The summed E-state index contributed by atoms with van der Waals surface area (Å²) in [5, 5.41) is 1.06. The minimum absolute atomic E-state index is 0.202. The van der Waals surface area contributed by atoms with Crippen molar-refractivity contribution in [3.63, 3.8) is 0 Å². The monoisotopic (exact) mass is 254 g/mol. The summed E-state index contributed by atoms with van der Waals surface area (Å²) in [4.78, 5) is 0. The largest absolute Gasteiger partial charge is 0.399 e. The maximum absolute atomic E-state index is 13.3. The van der Waals surface area contributed by atoms with Gasteiger partial charge in [-0.2, -0.15) is 0 Å². The van der Waals surface area contributed by atoms with Gasteiger partial charge in [0.05, 0.1) is 5.52 Å². The highest BCUT2D eigenvalue weighted by molar-refractivity contribution is 5.80. The number of nitrogens with two attached hydrogens (primary N) is 1. The van der Waals surface area contributed by atoms with E-state index in [1.54, 1.807) is 12.1 Å². The highest BCUT2D eigenvalue weighted by atomic mass is 19.1. The van der Waals surface area contributed by atoms with Crippen LogP contribution in [0.1, 0.15) is 5.56 Å². The number of aromatic nitrogens is 1. The third kappa shape index (κ3) is 2.32. The Morgan fingerprint density at radius 3 is 2.74 bits per heavy atom. The van der Waals surface area contributed by atoms with Gasteiger partial charge in [0, 0.05) is 18.4 Å². The molecule has 0 radical (unpaired) electrons. The Balaban J connectivity index is 1.86. The van der Waals surface area contributed by atoms with Gasteiger partial charge < -0.3 is 10.3 Å². The first kappa shape index (κ1) is 11.8. The Labute approximate surface area is 111 Å². The van der Waals surface area contributed by atoms with E-state index in [0.29, 0.717) is 0 Å². The second-order valence-corrected chi connectivity index (χ2v) is 4.66.